The first kappa shape index (κ1) is 16.7. The fraction of sp³-hybridized carbons (Fsp3) is 0.500. The lowest BCUT2D eigenvalue weighted by Crippen LogP contribution is -2.49. The fourth-order valence-corrected chi connectivity index (χ4v) is 3.09. The minimum atomic E-state index is -3.84. The second-order valence-electron chi connectivity index (χ2n) is 5.78. The van der Waals surface area contributed by atoms with Crippen molar-refractivity contribution in [2.45, 2.75) is 44.6 Å². The minimum absolute atomic E-state index is 0.0688. The fourth-order valence-electron chi connectivity index (χ4n) is 1.71. The van der Waals surface area contributed by atoms with E-state index in [1.54, 1.807) is 12.1 Å². The van der Waals surface area contributed by atoms with E-state index >= 15 is 0 Å². The van der Waals surface area contributed by atoms with E-state index in [1.807, 2.05) is 0 Å². The van der Waals surface area contributed by atoms with Crippen LogP contribution in [-0.2, 0) is 21.2 Å². The van der Waals surface area contributed by atoms with Gasteiger partial charge in [-0.15, -0.1) is 0 Å². The molecule has 1 aromatic rings. The molecule has 0 fully saturated rings. The van der Waals surface area contributed by atoms with Gasteiger partial charge in [-0.05, 0) is 43.9 Å². The van der Waals surface area contributed by atoms with Crippen LogP contribution in [0, 0.1) is 5.92 Å². The maximum absolute atomic E-state index is 12.1. The van der Waals surface area contributed by atoms with Crippen molar-refractivity contribution in [3.63, 3.8) is 0 Å². The molecule has 0 aliphatic rings. The van der Waals surface area contributed by atoms with Gasteiger partial charge in [0, 0.05) is 0 Å². The summed E-state index contributed by atoms with van der Waals surface area (Å²) in [5, 5.41) is 8.97. The quantitative estimate of drug-likeness (QED) is 0.842. The summed E-state index contributed by atoms with van der Waals surface area (Å²) in [5.41, 5.74) is -0.494. The summed E-state index contributed by atoms with van der Waals surface area (Å²) in [4.78, 5) is 11.0. The number of hydrogen-bond acceptors (Lipinski definition) is 3. The smallest absolute Gasteiger partial charge is 0.324 e. The van der Waals surface area contributed by atoms with Gasteiger partial charge in [0.15, 0.2) is 0 Å². The number of aliphatic carboxylic acids is 1. The Kier molecular flexibility index (Phi) is 4.94. The molecule has 0 unspecified atom stereocenters. The molecule has 0 atom stereocenters. The van der Waals surface area contributed by atoms with E-state index in [-0.39, 0.29) is 4.90 Å². The van der Waals surface area contributed by atoms with Crippen molar-refractivity contribution in [3.8, 4) is 0 Å². The molecule has 0 spiro atoms. The van der Waals surface area contributed by atoms with E-state index < -0.39 is 21.5 Å². The first-order valence-corrected chi connectivity index (χ1v) is 7.89. The predicted octanol–water partition coefficient (Wildman–Crippen LogP) is 2.03. The molecule has 0 aliphatic carbocycles. The molecule has 0 saturated heterocycles. The molecule has 5 nitrogen and oxygen atoms in total. The SMILES string of the molecule is CC(C)Cc1ccc(S(=O)(=O)NC(C)(C)C(=O)O)cc1. The molecule has 112 valence electrons. The standard InChI is InChI=1S/C14H21NO4S/c1-10(2)9-11-5-7-12(8-6-11)20(18,19)15-14(3,4)13(16)17/h5-8,10,15H,9H2,1-4H3,(H,16,17). The third kappa shape index (κ3) is 4.31. The molecular formula is C14H21NO4S. The van der Waals surface area contributed by atoms with Crippen LogP contribution in [0.15, 0.2) is 29.2 Å². The molecule has 0 radical (unpaired) electrons. The number of carboxylic acids is 1. The van der Waals surface area contributed by atoms with Gasteiger partial charge < -0.3 is 5.11 Å². The Hall–Kier alpha value is -1.40. The number of carbonyl (C=O) groups is 1. The van der Waals surface area contributed by atoms with Crippen LogP contribution in [0.5, 0.6) is 0 Å². The molecule has 1 aromatic carbocycles. The lowest BCUT2D eigenvalue weighted by atomic mass is 10.0. The highest BCUT2D eigenvalue weighted by atomic mass is 32.2. The highest BCUT2D eigenvalue weighted by molar-refractivity contribution is 7.89. The monoisotopic (exact) mass is 299 g/mol. The number of benzene rings is 1. The minimum Gasteiger partial charge on any atom is -0.480 e. The molecule has 20 heavy (non-hydrogen) atoms. The van der Waals surface area contributed by atoms with Gasteiger partial charge in [-0.3, -0.25) is 4.79 Å². The van der Waals surface area contributed by atoms with Gasteiger partial charge in [0.1, 0.15) is 5.54 Å². The maximum Gasteiger partial charge on any atom is 0.324 e. The van der Waals surface area contributed by atoms with E-state index in [4.69, 9.17) is 5.11 Å². The third-order valence-corrected chi connectivity index (χ3v) is 4.47. The van der Waals surface area contributed by atoms with Gasteiger partial charge in [-0.2, -0.15) is 4.72 Å². The zero-order chi connectivity index (χ0) is 15.6. The maximum atomic E-state index is 12.1. The molecule has 6 heteroatoms. The largest absolute Gasteiger partial charge is 0.480 e. The van der Waals surface area contributed by atoms with Crippen LogP contribution in [0.3, 0.4) is 0 Å². The van der Waals surface area contributed by atoms with E-state index in [1.165, 1.54) is 26.0 Å². The van der Waals surface area contributed by atoms with Gasteiger partial charge in [-0.1, -0.05) is 26.0 Å². The summed E-state index contributed by atoms with van der Waals surface area (Å²) >= 11 is 0. The summed E-state index contributed by atoms with van der Waals surface area (Å²) in [7, 11) is -3.84. The van der Waals surface area contributed by atoms with Crippen molar-refractivity contribution >= 4 is 16.0 Å². The van der Waals surface area contributed by atoms with Crippen molar-refractivity contribution < 1.29 is 18.3 Å². The first-order chi connectivity index (χ1) is 9.04. The van der Waals surface area contributed by atoms with Gasteiger partial charge in [0.05, 0.1) is 4.90 Å². The Labute approximate surface area is 120 Å². The van der Waals surface area contributed by atoms with Crippen molar-refractivity contribution in [1.82, 2.24) is 4.72 Å². The average Bonchev–Trinajstić information content (AvgIpc) is 2.27. The summed E-state index contributed by atoms with van der Waals surface area (Å²) in [6.07, 6.45) is 0.869. The number of sulfonamides is 1. The predicted molar refractivity (Wildman–Crippen MR) is 77.0 cm³/mol. The topological polar surface area (TPSA) is 83.5 Å². The molecule has 0 saturated carbocycles. The summed E-state index contributed by atoms with van der Waals surface area (Å²) in [5.74, 6) is -0.737. The Morgan fingerprint density at radius 2 is 1.75 bits per heavy atom. The molecule has 2 N–H and O–H groups in total. The summed E-state index contributed by atoms with van der Waals surface area (Å²) in [6, 6.07) is 6.50. The highest BCUT2D eigenvalue weighted by Gasteiger charge is 2.32. The summed E-state index contributed by atoms with van der Waals surface area (Å²) in [6.45, 7) is 6.78. The van der Waals surface area contributed by atoms with Crippen molar-refractivity contribution in [1.29, 1.82) is 0 Å². The average molecular weight is 299 g/mol. The second-order valence-corrected chi connectivity index (χ2v) is 7.46. The van der Waals surface area contributed by atoms with Gasteiger partial charge in [-0.25, -0.2) is 8.42 Å². The van der Waals surface area contributed by atoms with Crippen molar-refractivity contribution in [3.05, 3.63) is 29.8 Å². The number of hydrogen-bond donors (Lipinski definition) is 2. The van der Waals surface area contributed by atoms with Gasteiger partial charge in [0.2, 0.25) is 10.0 Å². The van der Waals surface area contributed by atoms with Crippen LogP contribution in [0.4, 0.5) is 0 Å². The molecule has 0 aliphatic heterocycles. The zero-order valence-electron chi connectivity index (χ0n) is 12.2. The molecular weight excluding hydrogens is 278 g/mol. The molecule has 0 bridgehead atoms. The van der Waals surface area contributed by atoms with Crippen molar-refractivity contribution in [2.75, 3.05) is 0 Å². The molecule has 0 amide bonds. The van der Waals surface area contributed by atoms with E-state index in [0.29, 0.717) is 5.92 Å². The van der Waals surface area contributed by atoms with Crippen LogP contribution in [0.25, 0.3) is 0 Å². The lowest BCUT2D eigenvalue weighted by molar-refractivity contribution is -0.142. The van der Waals surface area contributed by atoms with E-state index in [2.05, 4.69) is 18.6 Å². The van der Waals surface area contributed by atoms with E-state index in [9.17, 15) is 13.2 Å². The number of nitrogens with one attached hydrogen (secondary N) is 1. The molecule has 1 rings (SSSR count). The second kappa shape index (κ2) is 5.93. The molecule has 0 heterocycles. The zero-order valence-corrected chi connectivity index (χ0v) is 13.0. The normalized spacial score (nSPS) is 12.7. The number of rotatable bonds is 6. The lowest BCUT2D eigenvalue weighted by Gasteiger charge is -2.20. The number of carboxylic acid groups (broad SMARTS) is 1. The Morgan fingerprint density at radius 3 is 2.15 bits per heavy atom. The third-order valence-electron chi connectivity index (χ3n) is 2.80. The van der Waals surface area contributed by atoms with E-state index in [0.717, 1.165) is 12.0 Å². The van der Waals surface area contributed by atoms with Crippen LogP contribution >= 0.6 is 0 Å². The van der Waals surface area contributed by atoms with Crippen LogP contribution in [-0.4, -0.2) is 25.0 Å². The molecule has 0 aromatic heterocycles. The Morgan fingerprint density at radius 1 is 1.25 bits per heavy atom. The first-order valence-electron chi connectivity index (χ1n) is 6.41. The highest BCUT2D eigenvalue weighted by Crippen LogP contribution is 2.16. The Balaban J connectivity index is 2.96. The Bertz CT molecular complexity index is 574. The van der Waals surface area contributed by atoms with Crippen LogP contribution in [0.2, 0.25) is 0 Å². The van der Waals surface area contributed by atoms with Crippen LogP contribution in [0.1, 0.15) is 33.3 Å². The summed E-state index contributed by atoms with van der Waals surface area (Å²) < 4.78 is 26.4. The van der Waals surface area contributed by atoms with Gasteiger partial charge in [0.25, 0.3) is 0 Å². The van der Waals surface area contributed by atoms with Crippen LogP contribution < -0.4 is 4.72 Å². The van der Waals surface area contributed by atoms with Crippen molar-refractivity contribution in [2.24, 2.45) is 5.92 Å². The van der Waals surface area contributed by atoms with Gasteiger partial charge >= 0.3 is 5.97 Å².